The topological polar surface area (TPSA) is 60.4 Å². The zero-order valence-corrected chi connectivity index (χ0v) is 10.8. The van der Waals surface area contributed by atoms with Crippen molar-refractivity contribution in [1.29, 1.82) is 0 Å². The molecule has 0 radical (unpaired) electrons. The smallest absolute Gasteiger partial charge is 0.338 e. The highest BCUT2D eigenvalue weighted by atomic mass is 35.7. The first-order valence-corrected chi connectivity index (χ1v) is 6.79. The molecule has 1 aromatic carbocycles. The fourth-order valence-corrected chi connectivity index (χ4v) is 2.74. The van der Waals surface area contributed by atoms with Gasteiger partial charge in [-0.25, -0.2) is 13.2 Å². The molecule has 0 heterocycles. The molecule has 0 aliphatic heterocycles. The van der Waals surface area contributed by atoms with Crippen LogP contribution in [0.15, 0.2) is 17.0 Å². The molecule has 0 unspecified atom stereocenters. The molecular weight excluding hydrogens is 275 g/mol. The highest BCUT2D eigenvalue weighted by molar-refractivity contribution is 8.13. The van der Waals surface area contributed by atoms with Crippen LogP contribution in [0.5, 0.6) is 0 Å². The molecule has 0 amide bonds. The summed E-state index contributed by atoms with van der Waals surface area (Å²) in [6.45, 7) is 1.61. The van der Waals surface area contributed by atoms with Gasteiger partial charge in [0.05, 0.1) is 17.7 Å². The van der Waals surface area contributed by atoms with Gasteiger partial charge in [0.15, 0.2) is 0 Å². The van der Waals surface area contributed by atoms with Crippen molar-refractivity contribution >= 4 is 37.3 Å². The average Bonchev–Trinajstić information content (AvgIpc) is 2.14. The Balaban J connectivity index is 3.51. The molecule has 1 aromatic rings. The minimum atomic E-state index is -3.98. The number of rotatable bonds is 2. The molecule has 88 valence electrons. The van der Waals surface area contributed by atoms with Crippen LogP contribution in [0, 0.1) is 6.92 Å². The summed E-state index contributed by atoms with van der Waals surface area (Å²) in [6, 6.07) is 2.45. The van der Waals surface area contributed by atoms with Crippen molar-refractivity contribution < 1.29 is 17.9 Å². The molecule has 0 N–H and O–H groups in total. The number of hydrogen-bond acceptors (Lipinski definition) is 4. The van der Waals surface area contributed by atoms with E-state index in [0.717, 1.165) is 6.07 Å². The van der Waals surface area contributed by atoms with Crippen LogP contribution in [-0.2, 0) is 13.8 Å². The summed E-state index contributed by atoms with van der Waals surface area (Å²) in [4.78, 5) is 11.0. The van der Waals surface area contributed by atoms with Gasteiger partial charge in [-0.1, -0.05) is 11.6 Å². The third-order valence-corrected chi connectivity index (χ3v) is 3.73. The van der Waals surface area contributed by atoms with Crippen LogP contribution in [0.2, 0.25) is 5.02 Å². The maximum absolute atomic E-state index is 11.3. The summed E-state index contributed by atoms with van der Waals surface area (Å²) in [6.07, 6.45) is 0. The Labute approximate surface area is 103 Å². The van der Waals surface area contributed by atoms with E-state index in [4.69, 9.17) is 22.3 Å². The highest BCUT2D eigenvalue weighted by Gasteiger charge is 2.20. The van der Waals surface area contributed by atoms with Crippen molar-refractivity contribution in [3.63, 3.8) is 0 Å². The number of methoxy groups -OCH3 is 1. The molecule has 0 aliphatic carbocycles. The highest BCUT2D eigenvalue weighted by Crippen LogP contribution is 2.28. The van der Waals surface area contributed by atoms with Crippen molar-refractivity contribution in [2.75, 3.05) is 7.11 Å². The molecule has 0 saturated heterocycles. The number of ether oxygens (including phenoxy) is 1. The average molecular weight is 283 g/mol. The van der Waals surface area contributed by atoms with Gasteiger partial charge in [-0.05, 0) is 24.6 Å². The second-order valence-corrected chi connectivity index (χ2v) is 5.97. The number of aryl methyl sites for hydroxylation is 1. The van der Waals surface area contributed by atoms with Gasteiger partial charge in [-0.3, -0.25) is 0 Å². The van der Waals surface area contributed by atoms with E-state index in [-0.39, 0.29) is 15.5 Å². The molecule has 0 spiro atoms. The van der Waals surface area contributed by atoms with E-state index in [1.54, 1.807) is 6.92 Å². The fourth-order valence-electron chi connectivity index (χ4n) is 1.17. The second kappa shape index (κ2) is 4.61. The lowest BCUT2D eigenvalue weighted by Gasteiger charge is -2.07. The lowest BCUT2D eigenvalue weighted by Crippen LogP contribution is -2.06. The number of esters is 1. The lowest BCUT2D eigenvalue weighted by molar-refractivity contribution is 0.0599. The zero-order chi connectivity index (χ0) is 12.5. The summed E-state index contributed by atoms with van der Waals surface area (Å²) in [5.74, 6) is -0.643. The van der Waals surface area contributed by atoms with Crippen LogP contribution in [0.4, 0.5) is 0 Å². The number of benzene rings is 1. The summed E-state index contributed by atoms with van der Waals surface area (Å²) >= 11 is 5.72. The normalized spacial score (nSPS) is 11.2. The monoisotopic (exact) mass is 282 g/mol. The molecule has 1 rings (SSSR count). The maximum atomic E-state index is 11.3. The Morgan fingerprint density at radius 1 is 1.38 bits per heavy atom. The first-order valence-electron chi connectivity index (χ1n) is 4.10. The first kappa shape index (κ1) is 13.3. The van der Waals surface area contributed by atoms with Gasteiger partial charge in [0.2, 0.25) is 0 Å². The van der Waals surface area contributed by atoms with E-state index in [2.05, 4.69) is 4.74 Å². The van der Waals surface area contributed by atoms with Gasteiger partial charge in [0, 0.05) is 10.7 Å². The van der Waals surface area contributed by atoms with Crippen molar-refractivity contribution in [3.05, 3.63) is 28.3 Å². The molecule has 4 nitrogen and oxygen atoms in total. The molecule has 16 heavy (non-hydrogen) atoms. The minimum absolute atomic E-state index is 0.0276. The maximum Gasteiger partial charge on any atom is 0.338 e. The van der Waals surface area contributed by atoms with Crippen molar-refractivity contribution in [1.82, 2.24) is 0 Å². The Kier molecular flexibility index (Phi) is 3.83. The van der Waals surface area contributed by atoms with Gasteiger partial charge >= 0.3 is 5.97 Å². The number of halogens is 2. The van der Waals surface area contributed by atoms with Crippen LogP contribution in [0.25, 0.3) is 0 Å². The van der Waals surface area contributed by atoms with Crippen LogP contribution >= 0.6 is 22.3 Å². The minimum Gasteiger partial charge on any atom is -0.465 e. The fraction of sp³-hybridized carbons (Fsp3) is 0.222. The number of hydrogen-bond donors (Lipinski definition) is 0. The Hall–Kier alpha value is -0.780. The number of carbonyl (C=O) groups excluding carboxylic acids is 1. The third kappa shape index (κ3) is 2.66. The molecule has 0 atom stereocenters. The van der Waals surface area contributed by atoms with Crippen molar-refractivity contribution in [3.8, 4) is 0 Å². The predicted molar refractivity (Wildman–Crippen MR) is 60.6 cm³/mol. The molecular formula is C9H8Cl2O4S. The molecule has 0 fully saturated rings. The van der Waals surface area contributed by atoms with Gasteiger partial charge in [-0.15, -0.1) is 0 Å². The molecule has 0 aromatic heterocycles. The summed E-state index contributed by atoms with van der Waals surface area (Å²) < 4.78 is 26.8. The SMILES string of the molecule is COC(=O)c1cc(S(=O)(=O)Cl)c(Cl)cc1C. The summed E-state index contributed by atoms with van der Waals surface area (Å²) in [5, 5.41) is -0.0276. The second-order valence-electron chi connectivity index (χ2n) is 3.03. The molecule has 7 heteroatoms. The summed E-state index contributed by atoms with van der Waals surface area (Å²) in [5.41, 5.74) is 0.632. The predicted octanol–water partition coefficient (Wildman–Crippen LogP) is 2.36. The summed E-state index contributed by atoms with van der Waals surface area (Å²) in [7, 11) is 2.39. The molecule has 0 bridgehead atoms. The van der Waals surface area contributed by atoms with Gasteiger partial charge in [0.25, 0.3) is 9.05 Å². The van der Waals surface area contributed by atoms with Crippen molar-refractivity contribution in [2.45, 2.75) is 11.8 Å². The Morgan fingerprint density at radius 2 is 1.94 bits per heavy atom. The first-order chi connectivity index (χ1) is 7.27. The molecule has 0 saturated carbocycles. The molecule has 0 aliphatic rings. The van der Waals surface area contributed by atoms with Gasteiger partial charge in [0.1, 0.15) is 4.90 Å². The van der Waals surface area contributed by atoms with E-state index >= 15 is 0 Å². The standard InChI is InChI=1S/C9H8Cl2O4S/c1-5-3-7(10)8(16(11,13)14)4-6(5)9(12)15-2/h3-4H,1-2H3. The lowest BCUT2D eigenvalue weighted by atomic mass is 10.1. The van der Waals surface area contributed by atoms with Gasteiger partial charge in [-0.2, -0.15) is 0 Å². The third-order valence-electron chi connectivity index (χ3n) is 1.95. The van der Waals surface area contributed by atoms with Crippen LogP contribution < -0.4 is 0 Å². The van der Waals surface area contributed by atoms with E-state index in [1.807, 2.05) is 0 Å². The van der Waals surface area contributed by atoms with E-state index in [0.29, 0.717) is 5.56 Å². The number of carbonyl (C=O) groups is 1. The van der Waals surface area contributed by atoms with Crippen LogP contribution in [0.3, 0.4) is 0 Å². The van der Waals surface area contributed by atoms with Crippen LogP contribution in [0.1, 0.15) is 15.9 Å². The van der Waals surface area contributed by atoms with Crippen molar-refractivity contribution in [2.24, 2.45) is 0 Å². The van der Waals surface area contributed by atoms with E-state index < -0.39 is 15.0 Å². The Morgan fingerprint density at radius 3 is 2.38 bits per heavy atom. The largest absolute Gasteiger partial charge is 0.465 e. The zero-order valence-electron chi connectivity index (χ0n) is 8.45. The van der Waals surface area contributed by atoms with E-state index in [9.17, 15) is 13.2 Å². The van der Waals surface area contributed by atoms with E-state index in [1.165, 1.54) is 13.2 Å². The quantitative estimate of drug-likeness (QED) is 0.617. The van der Waals surface area contributed by atoms with Crippen LogP contribution in [-0.4, -0.2) is 21.5 Å². The Bertz CT molecular complexity index is 537. The van der Waals surface area contributed by atoms with Gasteiger partial charge < -0.3 is 4.74 Å².